The van der Waals surface area contributed by atoms with Crippen LogP contribution in [0, 0.1) is 6.92 Å². The quantitative estimate of drug-likeness (QED) is 0.739. The second-order valence-electron chi connectivity index (χ2n) is 4.76. The Kier molecular flexibility index (Phi) is 5.55. The van der Waals surface area contributed by atoms with E-state index in [0.29, 0.717) is 17.5 Å². The minimum atomic E-state index is -1.06. The second-order valence-corrected chi connectivity index (χ2v) is 4.76. The van der Waals surface area contributed by atoms with Gasteiger partial charge in [0, 0.05) is 0 Å². The molecule has 0 radical (unpaired) electrons. The van der Waals surface area contributed by atoms with Crippen LogP contribution in [-0.2, 0) is 6.42 Å². The molecule has 0 saturated heterocycles. The fourth-order valence-electron chi connectivity index (χ4n) is 2.20. The molecule has 0 amide bonds. The molecular weight excluding hydrogens is 244 g/mol. The number of carbonyl (C=O) groups is 2. The molecule has 0 aliphatic carbocycles. The molecule has 0 atom stereocenters. The first-order valence-electron chi connectivity index (χ1n) is 6.57. The van der Waals surface area contributed by atoms with Crippen molar-refractivity contribution in [1.29, 1.82) is 0 Å². The Labute approximate surface area is 113 Å². The van der Waals surface area contributed by atoms with Crippen LogP contribution in [0.1, 0.15) is 64.4 Å². The van der Waals surface area contributed by atoms with Gasteiger partial charge in [0.15, 0.2) is 0 Å². The summed E-state index contributed by atoms with van der Waals surface area (Å²) >= 11 is 0. The van der Waals surface area contributed by atoms with Crippen LogP contribution in [0.3, 0.4) is 0 Å². The predicted molar refractivity (Wildman–Crippen MR) is 72.9 cm³/mol. The number of unbranched alkanes of at least 4 members (excludes halogenated alkanes) is 3. The van der Waals surface area contributed by atoms with E-state index in [4.69, 9.17) is 0 Å². The average molecular weight is 264 g/mol. The van der Waals surface area contributed by atoms with E-state index >= 15 is 0 Å². The number of benzene rings is 1. The second kappa shape index (κ2) is 6.92. The zero-order chi connectivity index (χ0) is 14.4. The van der Waals surface area contributed by atoms with E-state index in [9.17, 15) is 19.8 Å². The Morgan fingerprint density at radius 3 is 1.95 bits per heavy atom. The van der Waals surface area contributed by atoms with Gasteiger partial charge in [0.05, 0.1) is 11.1 Å². The molecule has 0 fully saturated rings. The molecule has 0 spiro atoms. The van der Waals surface area contributed by atoms with Crippen molar-refractivity contribution < 1.29 is 19.8 Å². The maximum atomic E-state index is 11.2. The van der Waals surface area contributed by atoms with E-state index in [0.717, 1.165) is 25.7 Å². The van der Waals surface area contributed by atoms with E-state index in [1.807, 2.05) is 0 Å². The van der Waals surface area contributed by atoms with E-state index in [1.54, 1.807) is 19.1 Å². The van der Waals surface area contributed by atoms with Gasteiger partial charge in [-0.1, -0.05) is 26.2 Å². The van der Waals surface area contributed by atoms with Crippen LogP contribution in [-0.4, -0.2) is 22.2 Å². The van der Waals surface area contributed by atoms with Gasteiger partial charge in [0.1, 0.15) is 0 Å². The summed E-state index contributed by atoms with van der Waals surface area (Å²) in [5.41, 5.74) is 1.34. The number of hydrogen-bond donors (Lipinski definition) is 2. The minimum absolute atomic E-state index is 0.119. The van der Waals surface area contributed by atoms with Crippen LogP contribution in [0.25, 0.3) is 0 Å². The van der Waals surface area contributed by atoms with Crippen molar-refractivity contribution in [1.82, 2.24) is 0 Å². The van der Waals surface area contributed by atoms with Crippen molar-refractivity contribution in [3.05, 3.63) is 34.4 Å². The van der Waals surface area contributed by atoms with Gasteiger partial charge in [0.25, 0.3) is 0 Å². The van der Waals surface area contributed by atoms with Gasteiger partial charge >= 0.3 is 11.9 Å². The standard InChI is InChI=1S/C15H20O4/c1-3-4-5-6-7-11-12(14(16)17)8-10(2)9-13(11)15(18)19/h8-9H,3-7H2,1-2H3,(H,16,17)(H,18,19). The highest BCUT2D eigenvalue weighted by atomic mass is 16.4. The lowest BCUT2D eigenvalue weighted by atomic mass is 9.93. The summed E-state index contributed by atoms with van der Waals surface area (Å²) in [7, 11) is 0. The molecule has 0 bridgehead atoms. The van der Waals surface area contributed by atoms with Gasteiger partial charge in [0.2, 0.25) is 0 Å². The molecule has 4 nitrogen and oxygen atoms in total. The van der Waals surface area contributed by atoms with E-state index < -0.39 is 11.9 Å². The maximum Gasteiger partial charge on any atom is 0.335 e. The largest absolute Gasteiger partial charge is 0.478 e. The van der Waals surface area contributed by atoms with Crippen molar-refractivity contribution in [2.24, 2.45) is 0 Å². The molecule has 0 aliphatic heterocycles. The summed E-state index contributed by atoms with van der Waals surface area (Å²) in [5.74, 6) is -2.12. The molecule has 1 rings (SSSR count). The molecule has 0 saturated carbocycles. The average Bonchev–Trinajstić information content (AvgIpc) is 2.34. The normalized spacial score (nSPS) is 10.4. The number of aromatic carboxylic acids is 2. The van der Waals surface area contributed by atoms with Crippen LogP contribution >= 0.6 is 0 Å². The predicted octanol–water partition coefficient (Wildman–Crippen LogP) is 3.51. The summed E-state index contributed by atoms with van der Waals surface area (Å²) in [6.45, 7) is 3.80. The molecule has 104 valence electrons. The molecule has 1 aromatic rings. The van der Waals surface area contributed by atoms with Gasteiger partial charge < -0.3 is 10.2 Å². The van der Waals surface area contributed by atoms with E-state index in [1.165, 1.54) is 0 Å². The molecule has 0 aliphatic rings. The summed E-state index contributed by atoms with van der Waals surface area (Å²) in [5, 5.41) is 18.4. The molecule has 0 heterocycles. The van der Waals surface area contributed by atoms with Crippen LogP contribution in [0.4, 0.5) is 0 Å². The topological polar surface area (TPSA) is 74.6 Å². The first-order valence-corrected chi connectivity index (χ1v) is 6.57. The van der Waals surface area contributed by atoms with Gasteiger partial charge in [-0.05, 0) is 43.0 Å². The first kappa shape index (κ1) is 15.2. The van der Waals surface area contributed by atoms with Crippen molar-refractivity contribution in [2.75, 3.05) is 0 Å². The Hall–Kier alpha value is -1.84. The molecule has 0 unspecified atom stereocenters. The lowest BCUT2D eigenvalue weighted by molar-refractivity contribution is 0.0695. The first-order chi connectivity index (χ1) is 8.97. The molecule has 2 N–H and O–H groups in total. The third kappa shape index (κ3) is 4.09. The SMILES string of the molecule is CCCCCCc1c(C(=O)O)cc(C)cc1C(=O)O. The van der Waals surface area contributed by atoms with Crippen molar-refractivity contribution in [3.63, 3.8) is 0 Å². The van der Waals surface area contributed by atoms with Crippen molar-refractivity contribution >= 4 is 11.9 Å². The van der Waals surface area contributed by atoms with Crippen LogP contribution in [0.15, 0.2) is 12.1 Å². The number of carboxylic acid groups (broad SMARTS) is 2. The molecule has 0 aromatic heterocycles. The van der Waals surface area contributed by atoms with Crippen LogP contribution in [0.5, 0.6) is 0 Å². The highest BCUT2D eigenvalue weighted by molar-refractivity contribution is 5.97. The Morgan fingerprint density at radius 1 is 1.00 bits per heavy atom. The van der Waals surface area contributed by atoms with Gasteiger partial charge in [-0.2, -0.15) is 0 Å². The van der Waals surface area contributed by atoms with Gasteiger partial charge in [-0.25, -0.2) is 9.59 Å². The minimum Gasteiger partial charge on any atom is -0.478 e. The Bertz CT molecular complexity index is 442. The molecule has 19 heavy (non-hydrogen) atoms. The van der Waals surface area contributed by atoms with Gasteiger partial charge in [-0.15, -0.1) is 0 Å². The summed E-state index contributed by atoms with van der Waals surface area (Å²) in [4.78, 5) is 22.5. The van der Waals surface area contributed by atoms with Crippen molar-refractivity contribution in [3.8, 4) is 0 Å². The highest BCUT2D eigenvalue weighted by Crippen LogP contribution is 2.21. The van der Waals surface area contributed by atoms with Crippen LogP contribution in [0.2, 0.25) is 0 Å². The monoisotopic (exact) mass is 264 g/mol. The lowest BCUT2D eigenvalue weighted by Crippen LogP contribution is -2.11. The lowest BCUT2D eigenvalue weighted by Gasteiger charge is -2.11. The number of rotatable bonds is 7. The highest BCUT2D eigenvalue weighted by Gasteiger charge is 2.18. The van der Waals surface area contributed by atoms with E-state index in [2.05, 4.69) is 6.92 Å². The summed E-state index contributed by atoms with van der Waals surface area (Å²) in [6, 6.07) is 3.09. The Morgan fingerprint density at radius 2 is 1.53 bits per heavy atom. The van der Waals surface area contributed by atoms with Gasteiger partial charge in [-0.3, -0.25) is 0 Å². The molecular formula is C15H20O4. The zero-order valence-corrected chi connectivity index (χ0v) is 11.4. The number of carboxylic acids is 2. The van der Waals surface area contributed by atoms with Crippen molar-refractivity contribution in [2.45, 2.75) is 46.0 Å². The third-order valence-corrected chi connectivity index (χ3v) is 3.14. The Balaban J connectivity index is 3.09. The fraction of sp³-hybridized carbons (Fsp3) is 0.467. The third-order valence-electron chi connectivity index (χ3n) is 3.14. The number of hydrogen-bond acceptors (Lipinski definition) is 2. The number of aryl methyl sites for hydroxylation is 1. The maximum absolute atomic E-state index is 11.2. The van der Waals surface area contributed by atoms with Crippen LogP contribution < -0.4 is 0 Å². The fourth-order valence-corrected chi connectivity index (χ4v) is 2.20. The molecule has 4 heteroatoms. The smallest absolute Gasteiger partial charge is 0.335 e. The van der Waals surface area contributed by atoms with E-state index in [-0.39, 0.29) is 11.1 Å². The molecule has 1 aromatic carbocycles. The summed E-state index contributed by atoms with van der Waals surface area (Å²) < 4.78 is 0. The zero-order valence-electron chi connectivity index (χ0n) is 11.4. The summed E-state index contributed by atoms with van der Waals surface area (Å²) in [6.07, 6.45) is 4.48.